The van der Waals surface area contributed by atoms with Gasteiger partial charge in [0.15, 0.2) is 4.75 Å². The third kappa shape index (κ3) is 3.99. The standard InChI is InChI=1S/C21H25NO5S/c1-15-7-10-19(22-28(24,25)21(11-12-21)20(23)27-3)17(13-15)9-8-16-5-4-6-18(14-16)26-2/h4-7,10,13-14,22H,8-9,11-12H2,1-3H3. The minimum atomic E-state index is -3.89. The topological polar surface area (TPSA) is 81.7 Å². The summed E-state index contributed by atoms with van der Waals surface area (Å²) >= 11 is 0. The third-order valence-electron chi connectivity index (χ3n) is 5.10. The lowest BCUT2D eigenvalue weighted by molar-refractivity contribution is -0.140. The van der Waals surface area contributed by atoms with Gasteiger partial charge in [0, 0.05) is 0 Å². The number of anilines is 1. The Balaban J connectivity index is 1.82. The van der Waals surface area contributed by atoms with Gasteiger partial charge in [0.05, 0.1) is 19.9 Å². The van der Waals surface area contributed by atoms with E-state index in [4.69, 9.17) is 9.47 Å². The largest absolute Gasteiger partial charge is 0.497 e. The summed E-state index contributed by atoms with van der Waals surface area (Å²) in [7, 11) is -1.05. The highest BCUT2D eigenvalue weighted by Crippen LogP contribution is 2.45. The van der Waals surface area contributed by atoms with Crippen LogP contribution in [0.15, 0.2) is 42.5 Å². The van der Waals surface area contributed by atoms with Gasteiger partial charge in [0.2, 0.25) is 10.0 Å². The number of hydrogen-bond acceptors (Lipinski definition) is 5. The quantitative estimate of drug-likeness (QED) is 0.685. The number of benzene rings is 2. The van der Waals surface area contributed by atoms with E-state index in [2.05, 4.69) is 4.72 Å². The molecule has 0 spiro atoms. The highest BCUT2D eigenvalue weighted by atomic mass is 32.2. The van der Waals surface area contributed by atoms with Gasteiger partial charge < -0.3 is 9.47 Å². The number of rotatable bonds is 8. The zero-order valence-electron chi connectivity index (χ0n) is 16.3. The number of ether oxygens (including phenoxy) is 2. The van der Waals surface area contributed by atoms with Crippen molar-refractivity contribution in [3.05, 3.63) is 59.2 Å². The second-order valence-corrected chi connectivity index (χ2v) is 9.10. The number of carbonyl (C=O) groups excluding carboxylic acids is 1. The molecule has 1 aliphatic carbocycles. The first-order valence-electron chi connectivity index (χ1n) is 9.14. The van der Waals surface area contributed by atoms with E-state index in [0.29, 0.717) is 12.1 Å². The lowest BCUT2D eigenvalue weighted by Crippen LogP contribution is -2.38. The average Bonchev–Trinajstić information content (AvgIpc) is 3.50. The molecule has 0 atom stereocenters. The van der Waals surface area contributed by atoms with E-state index in [9.17, 15) is 13.2 Å². The second-order valence-electron chi connectivity index (χ2n) is 7.10. The molecule has 2 aromatic carbocycles. The summed E-state index contributed by atoms with van der Waals surface area (Å²) in [5, 5.41) is 0. The second kappa shape index (κ2) is 7.83. The molecule has 7 heteroatoms. The van der Waals surface area contributed by atoms with Gasteiger partial charge in [-0.3, -0.25) is 9.52 Å². The van der Waals surface area contributed by atoms with Crippen molar-refractivity contribution in [1.29, 1.82) is 0 Å². The van der Waals surface area contributed by atoms with Crippen molar-refractivity contribution >= 4 is 21.7 Å². The Bertz CT molecular complexity index is 980. The van der Waals surface area contributed by atoms with Crippen LogP contribution in [0.2, 0.25) is 0 Å². The predicted octanol–water partition coefficient (Wildman–Crippen LogP) is 3.24. The molecular weight excluding hydrogens is 378 g/mol. The lowest BCUT2D eigenvalue weighted by atomic mass is 10.0. The molecule has 0 aromatic heterocycles. The predicted molar refractivity (Wildman–Crippen MR) is 108 cm³/mol. The molecule has 0 aliphatic heterocycles. The normalized spacial score (nSPS) is 15.0. The van der Waals surface area contributed by atoms with Crippen molar-refractivity contribution in [3.8, 4) is 5.75 Å². The summed E-state index contributed by atoms with van der Waals surface area (Å²) in [5.41, 5.74) is 3.52. The fourth-order valence-electron chi connectivity index (χ4n) is 3.26. The number of aryl methyl sites for hydroxylation is 3. The first-order chi connectivity index (χ1) is 13.3. The van der Waals surface area contributed by atoms with Crippen LogP contribution < -0.4 is 9.46 Å². The fourth-order valence-corrected chi connectivity index (χ4v) is 4.89. The van der Waals surface area contributed by atoms with Gasteiger partial charge in [-0.25, -0.2) is 8.42 Å². The Kier molecular flexibility index (Phi) is 5.65. The summed E-state index contributed by atoms with van der Waals surface area (Å²) in [6.07, 6.45) is 1.94. The number of sulfonamides is 1. The molecule has 1 saturated carbocycles. The molecule has 0 radical (unpaired) electrons. The smallest absolute Gasteiger partial charge is 0.329 e. The molecule has 1 fully saturated rings. The van der Waals surface area contributed by atoms with Gasteiger partial charge in [0.1, 0.15) is 5.75 Å². The Labute approximate surface area is 165 Å². The van der Waals surface area contributed by atoms with Crippen LogP contribution in [-0.2, 0) is 32.4 Å². The Morgan fingerprint density at radius 3 is 2.50 bits per heavy atom. The van der Waals surface area contributed by atoms with E-state index in [0.717, 1.165) is 28.9 Å². The van der Waals surface area contributed by atoms with Crippen LogP contribution in [0.3, 0.4) is 0 Å². The molecule has 2 aromatic rings. The van der Waals surface area contributed by atoms with Crippen molar-refractivity contribution in [2.45, 2.75) is 37.4 Å². The van der Waals surface area contributed by atoms with E-state index in [1.54, 1.807) is 13.2 Å². The summed E-state index contributed by atoms with van der Waals surface area (Å²) < 4.78 is 36.8. The fraction of sp³-hybridized carbons (Fsp3) is 0.381. The zero-order valence-corrected chi connectivity index (χ0v) is 17.1. The van der Waals surface area contributed by atoms with Gasteiger partial charge in [0.25, 0.3) is 0 Å². The molecule has 6 nitrogen and oxygen atoms in total. The highest BCUT2D eigenvalue weighted by molar-refractivity contribution is 7.95. The first kappa shape index (κ1) is 20.2. The molecule has 0 unspecified atom stereocenters. The molecule has 0 heterocycles. The highest BCUT2D eigenvalue weighted by Gasteiger charge is 2.62. The van der Waals surface area contributed by atoms with Crippen molar-refractivity contribution in [3.63, 3.8) is 0 Å². The maximum Gasteiger partial charge on any atom is 0.329 e. The summed E-state index contributed by atoms with van der Waals surface area (Å²) in [5.74, 6) is 0.0847. The van der Waals surface area contributed by atoms with Crippen LogP contribution in [0.4, 0.5) is 5.69 Å². The molecular formula is C21H25NO5S. The van der Waals surface area contributed by atoms with Crippen LogP contribution in [0.1, 0.15) is 29.5 Å². The third-order valence-corrected chi connectivity index (χ3v) is 7.19. The van der Waals surface area contributed by atoms with Crippen molar-refractivity contribution < 1.29 is 22.7 Å². The molecule has 150 valence electrons. The summed E-state index contributed by atoms with van der Waals surface area (Å²) in [4.78, 5) is 12.0. The van der Waals surface area contributed by atoms with Crippen LogP contribution in [0, 0.1) is 6.92 Å². The van der Waals surface area contributed by atoms with Crippen molar-refractivity contribution in [1.82, 2.24) is 0 Å². The van der Waals surface area contributed by atoms with Crippen LogP contribution >= 0.6 is 0 Å². The molecule has 3 rings (SSSR count). The maximum absolute atomic E-state index is 12.9. The maximum atomic E-state index is 12.9. The summed E-state index contributed by atoms with van der Waals surface area (Å²) in [6.45, 7) is 1.96. The number of carbonyl (C=O) groups is 1. The number of nitrogens with one attached hydrogen (secondary N) is 1. The molecule has 0 saturated heterocycles. The lowest BCUT2D eigenvalue weighted by Gasteiger charge is -2.18. The van der Waals surface area contributed by atoms with E-state index in [-0.39, 0.29) is 12.8 Å². The molecule has 28 heavy (non-hydrogen) atoms. The average molecular weight is 404 g/mol. The minimum Gasteiger partial charge on any atom is -0.497 e. The monoisotopic (exact) mass is 403 g/mol. The van der Waals surface area contributed by atoms with E-state index < -0.39 is 20.7 Å². The van der Waals surface area contributed by atoms with Gasteiger partial charge in [-0.15, -0.1) is 0 Å². The Morgan fingerprint density at radius 2 is 1.86 bits per heavy atom. The van der Waals surface area contributed by atoms with Gasteiger partial charge in [-0.05, 0) is 61.9 Å². The molecule has 0 amide bonds. The van der Waals surface area contributed by atoms with E-state index in [1.165, 1.54) is 7.11 Å². The molecule has 0 bridgehead atoms. The minimum absolute atomic E-state index is 0.278. The first-order valence-corrected chi connectivity index (χ1v) is 10.6. The summed E-state index contributed by atoms with van der Waals surface area (Å²) in [6, 6.07) is 13.4. The van der Waals surface area contributed by atoms with E-state index in [1.807, 2.05) is 43.3 Å². The van der Waals surface area contributed by atoms with Gasteiger partial charge in [-0.2, -0.15) is 0 Å². The SMILES string of the molecule is COC(=O)C1(S(=O)(=O)Nc2ccc(C)cc2CCc2cccc(OC)c2)CC1. The van der Waals surface area contributed by atoms with Gasteiger partial charge >= 0.3 is 5.97 Å². The number of methoxy groups -OCH3 is 2. The Morgan fingerprint density at radius 1 is 1.11 bits per heavy atom. The van der Waals surface area contributed by atoms with Crippen LogP contribution in [0.25, 0.3) is 0 Å². The number of hydrogen-bond donors (Lipinski definition) is 1. The van der Waals surface area contributed by atoms with Crippen LogP contribution in [0.5, 0.6) is 5.75 Å². The zero-order chi connectivity index (χ0) is 20.4. The van der Waals surface area contributed by atoms with Gasteiger partial charge in [-0.1, -0.05) is 29.8 Å². The van der Waals surface area contributed by atoms with E-state index >= 15 is 0 Å². The molecule has 1 N–H and O–H groups in total. The van der Waals surface area contributed by atoms with Crippen LogP contribution in [-0.4, -0.2) is 33.4 Å². The number of esters is 1. The Hall–Kier alpha value is -2.54. The van der Waals surface area contributed by atoms with Crippen molar-refractivity contribution in [2.75, 3.05) is 18.9 Å². The van der Waals surface area contributed by atoms with Crippen molar-refractivity contribution in [2.24, 2.45) is 0 Å². The molecule has 1 aliphatic rings.